The number of hydrogen-bond donors (Lipinski definition) is 1. The molecule has 7 heteroatoms. The van der Waals surface area contributed by atoms with Gasteiger partial charge in [-0.15, -0.1) is 0 Å². The highest BCUT2D eigenvalue weighted by molar-refractivity contribution is 7.89. The number of sulfonamides is 1. The summed E-state index contributed by atoms with van der Waals surface area (Å²) >= 11 is 0. The van der Waals surface area contributed by atoms with Crippen LogP contribution in [0, 0.1) is 0 Å². The number of nitrogens with zero attached hydrogens (tertiary/aromatic N) is 3. The summed E-state index contributed by atoms with van der Waals surface area (Å²) in [6, 6.07) is 15.4. The van der Waals surface area contributed by atoms with E-state index < -0.39 is 10.0 Å². The smallest absolute Gasteiger partial charge is 0.243 e. The molecule has 0 aliphatic carbocycles. The van der Waals surface area contributed by atoms with E-state index >= 15 is 0 Å². The van der Waals surface area contributed by atoms with E-state index in [4.69, 9.17) is 0 Å². The fraction of sp³-hybridized carbons (Fsp3) is 0.556. The SMILES string of the molecule is CCCCN1CC(C)N(C(c2ccc(S(=O)(=O)N(CC)CC)cc2)c2cccc(O)c2)CC1C. The van der Waals surface area contributed by atoms with Gasteiger partial charge in [-0.25, -0.2) is 8.42 Å². The minimum atomic E-state index is -3.50. The lowest BCUT2D eigenvalue weighted by atomic mass is 9.93. The van der Waals surface area contributed by atoms with E-state index in [1.807, 2.05) is 44.2 Å². The van der Waals surface area contributed by atoms with Gasteiger partial charge in [0.05, 0.1) is 10.9 Å². The first-order valence-electron chi connectivity index (χ1n) is 12.6. The summed E-state index contributed by atoms with van der Waals surface area (Å²) in [5.41, 5.74) is 2.05. The lowest BCUT2D eigenvalue weighted by Crippen LogP contribution is -2.57. The van der Waals surface area contributed by atoms with Crippen molar-refractivity contribution < 1.29 is 13.5 Å². The first kappa shape index (κ1) is 26.7. The molecule has 0 spiro atoms. The van der Waals surface area contributed by atoms with Gasteiger partial charge in [-0.05, 0) is 62.2 Å². The summed E-state index contributed by atoms with van der Waals surface area (Å²) < 4.78 is 27.5. The third kappa shape index (κ3) is 5.82. The van der Waals surface area contributed by atoms with Crippen LogP contribution in [-0.4, -0.2) is 72.4 Å². The molecular formula is C27H41N3O3S. The van der Waals surface area contributed by atoms with Crippen LogP contribution in [0.3, 0.4) is 0 Å². The topological polar surface area (TPSA) is 64.1 Å². The van der Waals surface area contributed by atoms with Gasteiger partial charge in [0.1, 0.15) is 5.75 Å². The standard InChI is InChI=1S/C27H41N3O3S/c1-6-9-17-28-19-22(5)30(20-21(28)4)27(24-11-10-12-25(31)18-24)23-13-15-26(16-14-23)34(32,33)29(7-2)8-3/h10-16,18,21-22,27,31H,6-9,17,19-20H2,1-5H3. The molecular weight excluding hydrogens is 446 g/mol. The Kier molecular flexibility index (Phi) is 9.15. The Balaban J connectivity index is 1.97. The number of phenols is 1. The summed E-state index contributed by atoms with van der Waals surface area (Å²) in [4.78, 5) is 5.39. The van der Waals surface area contributed by atoms with Gasteiger partial charge in [0.25, 0.3) is 0 Å². The number of unbranched alkanes of at least 4 members (excludes halogenated alkanes) is 1. The quantitative estimate of drug-likeness (QED) is 0.526. The molecule has 0 aromatic heterocycles. The van der Waals surface area contributed by atoms with Crippen molar-refractivity contribution in [3.05, 3.63) is 59.7 Å². The van der Waals surface area contributed by atoms with Crippen molar-refractivity contribution in [2.24, 2.45) is 0 Å². The maximum Gasteiger partial charge on any atom is 0.243 e. The minimum absolute atomic E-state index is 0.0666. The predicted molar refractivity (Wildman–Crippen MR) is 139 cm³/mol. The van der Waals surface area contributed by atoms with Gasteiger partial charge >= 0.3 is 0 Å². The Morgan fingerprint density at radius 3 is 2.24 bits per heavy atom. The molecule has 6 nitrogen and oxygen atoms in total. The Morgan fingerprint density at radius 1 is 0.971 bits per heavy atom. The molecule has 3 unspecified atom stereocenters. The monoisotopic (exact) mass is 487 g/mol. The van der Waals surface area contributed by atoms with Gasteiger partial charge in [0.2, 0.25) is 10.0 Å². The maximum absolute atomic E-state index is 13.0. The molecule has 1 heterocycles. The molecule has 0 amide bonds. The molecule has 0 radical (unpaired) electrons. The average molecular weight is 488 g/mol. The number of piperazine rings is 1. The normalized spacial score (nSPS) is 21.1. The molecule has 1 fully saturated rings. The predicted octanol–water partition coefficient (Wildman–Crippen LogP) is 4.71. The van der Waals surface area contributed by atoms with Gasteiger partial charge in [-0.1, -0.05) is 51.5 Å². The van der Waals surface area contributed by atoms with Gasteiger partial charge < -0.3 is 5.11 Å². The zero-order valence-electron chi connectivity index (χ0n) is 21.3. The van der Waals surface area contributed by atoms with Crippen LogP contribution in [0.15, 0.2) is 53.4 Å². The first-order chi connectivity index (χ1) is 16.2. The molecule has 1 N–H and O–H groups in total. The average Bonchev–Trinajstić information content (AvgIpc) is 2.81. The van der Waals surface area contributed by atoms with Crippen LogP contribution in [0.1, 0.15) is 64.6 Å². The van der Waals surface area contributed by atoms with Gasteiger partial charge in [0, 0.05) is 38.3 Å². The van der Waals surface area contributed by atoms with Crippen molar-refractivity contribution in [3.63, 3.8) is 0 Å². The summed E-state index contributed by atoms with van der Waals surface area (Å²) in [5.74, 6) is 0.241. The number of phenolic OH excluding ortho intramolecular Hbond substituents is 1. The molecule has 1 saturated heterocycles. The molecule has 3 rings (SSSR count). The van der Waals surface area contributed by atoms with E-state index in [1.54, 1.807) is 18.2 Å². The van der Waals surface area contributed by atoms with E-state index in [0.717, 1.165) is 30.8 Å². The van der Waals surface area contributed by atoms with Crippen molar-refractivity contribution in [1.29, 1.82) is 0 Å². The van der Waals surface area contributed by atoms with Crippen molar-refractivity contribution in [1.82, 2.24) is 14.1 Å². The largest absolute Gasteiger partial charge is 0.508 e. The summed E-state index contributed by atoms with van der Waals surface area (Å²) in [6.07, 6.45) is 2.39. The van der Waals surface area contributed by atoms with E-state index in [2.05, 4.69) is 30.6 Å². The first-order valence-corrected chi connectivity index (χ1v) is 14.1. The van der Waals surface area contributed by atoms with Crippen molar-refractivity contribution >= 4 is 10.0 Å². The van der Waals surface area contributed by atoms with Crippen molar-refractivity contribution in [2.75, 3.05) is 32.7 Å². The van der Waals surface area contributed by atoms with E-state index in [-0.39, 0.29) is 11.8 Å². The van der Waals surface area contributed by atoms with Crippen LogP contribution in [0.5, 0.6) is 5.75 Å². The number of rotatable bonds is 10. The molecule has 0 bridgehead atoms. The van der Waals surface area contributed by atoms with E-state index in [1.165, 1.54) is 17.1 Å². The second-order valence-corrected chi connectivity index (χ2v) is 11.3. The summed E-state index contributed by atoms with van der Waals surface area (Å²) in [6.45, 7) is 14.4. The zero-order chi connectivity index (χ0) is 24.9. The highest BCUT2D eigenvalue weighted by atomic mass is 32.2. The Labute approximate surface area is 206 Å². The minimum Gasteiger partial charge on any atom is -0.508 e. The molecule has 2 aromatic carbocycles. The molecule has 2 aromatic rings. The Bertz CT molecular complexity index is 1020. The zero-order valence-corrected chi connectivity index (χ0v) is 22.1. The van der Waals surface area contributed by atoms with Crippen molar-refractivity contribution in [2.45, 2.75) is 70.5 Å². The number of hydrogen-bond acceptors (Lipinski definition) is 5. The highest BCUT2D eigenvalue weighted by Crippen LogP contribution is 2.35. The lowest BCUT2D eigenvalue weighted by molar-refractivity contribution is 0.0234. The van der Waals surface area contributed by atoms with Crippen molar-refractivity contribution in [3.8, 4) is 5.75 Å². The third-order valence-corrected chi connectivity index (χ3v) is 9.08. The highest BCUT2D eigenvalue weighted by Gasteiger charge is 2.35. The lowest BCUT2D eigenvalue weighted by Gasteiger charge is -2.47. The Hall–Kier alpha value is -1.93. The molecule has 188 valence electrons. The molecule has 1 aliphatic rings. The van der Waals surface area contributed by atoms with Crippen LogP contribution in [0.25, 0.3) is 0 Å². The summed E-state index contributed by atoms with van der Waals surface area (Å²) in [5, 5.41) is 10.2. The van der Waals surface area contributed by atoms with Gasteiger partial charge in [-0.3, -0.25) is 9.80 Å². The number of benzene rings is 2. The molecule has 3 atom stereocenters. The van der Waals surface area contributed by atoms with Crippen LogP contribution < -0.4 is 0 Å². The second-order valence-electron chi connectivity index (χ2n) is 9.40. The summed E-state index contributed by atoms with van der Waals surface area (Å²) in [7, 11) is -3.50. The molecule has 0 saturated carbocycles. The third-order valence-electron chi connectivity index (χ3n) is 7.02. The van der Waals surface area contributed by atoms with E-state index in [9.17, 15) is 13.5 Å². The molecule has 1 aliphatic heterocycles. The fourth-order valence-electron chi connectivity index (χ4n) is 5.06. The van der Waals surface area contributed by atoms with Crippen LogP contribution >= 0.6 is 0 Å². The van der Waals surface area contributed by atoms with E-state index in [0.29, 0.717) is 30.1 Å². The maximum atomic E-state index is 13.0. The van der Waals surface area contributed by atoms with Crippen LogP contribution in [-0.2, 0) is 10.0 Å². The Morgan fingerprint density at radius 2 is 1.65 bits per heavy atom. The van der Waals surface area contributed by atoms with Gasteiger partial charge in [-0.2, -0.15) is 4.31 Å². The fourth-order valence-corrected chi connectivity index (χ4v) is 6.52. The van der Waals surface area contributed by atoms with Gasteiger partial charge in [0.15, 0.2) is 0 Å². The number of aromatic hydroxyl groups is 1. The van der Waals surface area contributed by atoms with Crippen LogP contribution in [0.4, 0.5) is 0 Å². The van der Waals surface area contributed by atoms with Crippen LogP contribution in [0.2, 0.25) is 0 Å². The second kappa shape index (κ2) is 11.7. The molecule has 34 heavy (non-hydrogen) atoms.